The van der Waals surface area contributed by atoms with Gasteiger partial charge in [-0.2, -0.15) is 0 Å². The van der Waals surface area contributed by atoms with Crippen molar-refractivity contribution in [2.24, 2.45) is 0 Å². The summed E-state index contributed by atoms with van der Waals surface area (Å²) >= 11 is 0. The molecular weight excluding hydrogens is 428 g/mol. The average molecular weight is 459 g/mol. The summed E-state index contributed by atoms with van der Waals surface area (Å²) in [6, 6.07) is 19.4. The van der Waals surface area contributed by atoms with Crippen LogP contribution in [0.5, 0.6) is 5.75 Å². The van der Waals surface area contributed by atoms with Crippen LogP contribution in [0, 0.1) is 6.92 Å². The van der Waals surface area contributed by atoms with Gasteiger partial charge in [0.2, 0.25) is 5.89 Å². The molecule has 4 aromatic rings. The van der Waals surface area contributed by atoms with E-state index < -0.39 is 6.04 Å². The van der Waals surface area contributed by atoms with E-state index in [2.05, 4.69) is 18.0 Å². The van der Waals surface area contributed by atoms with Crippen molar-refractivity contribution in [2.45, 2.75) is 39.2 Å². The standard InChI is InChI=1S/C28H30N2O4/c1-4-22-18-21(19-25(28(31)32-3)30-15-8-9-16-30)12-13-26(22)33-17-14-24-20(2)34-27(29-24)23-10-6-5-7-11-23/h5-13,15-16,18,25H,4,14,17,19H2,1-3H3. The highest BCUT2D eigenvalue weighted by atomic mass is 16.5. The molecule has 34 heavy (non-hydrogen) atoms. The molecule has 2 aromatic carbocycles. The predicted octanol–water partition coefficient (Wildman–Crippen LogP) is 5.59. The van der Waals surface area contributed by atoms with Crippen LogP contribution in [0.3, 0.4) is 0 Å². The summed E-state index contributed by atoms with van der Waals surface area (Å²) in [5.74, 6) is 2.04. The maximum absolute atomic E-state index is 12.4. The van der Waals surface area contributed by atoms with Gasteiger partial charge in [0.1, 0.15) is 17.6 Å². The van der Waals surface area contributed by atoms with E-state index in [1.54, 1.807) is 0 Å². The van der Waals surface area contributed by atoms with Gasteiger partial charge in [-0.15, -0.1) is 0 Å². The number of carbonyl (C=O) groups excluding carboxylic acids is 1. The summed E-state index contributed by atoms with van der Waals surface area (Å²) in [6.45, 7) is 4.54. The molecule has 0 N–H and O–H groups in total. The SMILES string of the molecule is CCc1cc(CC(C(=O)OC)n2cccc2)ccc1OCCc1nc(-c2ccccc2)oc1C. The molecule has 0 aliphatic rings. The molecule has 6 nitrogen and oxygen atoms in total. The Hall–Kier alpha value is -3.80. The third-order valence-corrected chi connectivity index (χ3v) is 5.91. The second kappa shape index (κ2) is 10.9. The quantitative estimate of drug-likeness (QED) is 0.290. The summed E-state index contributed by atoms with van der Waals surface area (Å²) in [5, 5.41) is 0. The van der Waals surface area contributed by atoms with Crippen LogP contribution in [0.2, 0.25) is 0 Å². The van der Waals surface area contributed by atoms with E-state index in [1.165, 1.54) is 7.11 Å². The minimum absolute atomic E-state index is 0.257. The van der Waals surface area contributed by atoms with Crippen LogP contribution in [0.1, 0.15) is 35.5 Å². The number of rotatable bonds is 10. The van der Waals surface area contributed by atoms with Gasteiger partial charge in [0, 0.05) is 30.8 Å². The lowest BCUT2D eigenvalue weighted by atomic mass is 10.0. The number of methoxy groups -OCH3 is 1. The Kier molecular flexibility index (Phi) is 7.48. The number of hydrogen-bond acceptors (Lipinski definition) is 5. The number of oxazole rings is 1. The highest BCUT2D eigenvalue weighted by Crippen LogP contribution is 2.26. The molecule has 0 aliphatic carbocycles. The van der Waals surface area contributed by atoms with Crippen molar-refractivity contribution in [2.75, 3.05) is 13.7 Å². The minimum atomic E-state index is -0.398. The molecule has 0 spiro atoms. The molecule has 1 atom stereocenters. The van der Waals surface area contributed by atoms with Crippen molar-refractivity contribution in [3.63, 3.8) is 0 Å². The highest BCUT2D eigenvalue weighted by molar-refractivity contribution is 5.74. The lowest BCUT2D eigenvalue weighted by molar-refractivity contribution is -0.144. The maximum Gasteiger partial charge on any atom is 0.329 e. The van der Waals surface area contributed by atoms with Crippen molar-refractivity contribution in [1.82, 2.24) is 9.55 Å². The highest BCUT2D eigenvalue weighted by Gasteiger charge is 2.21. The zero-order valence-corrected chi connectivity index (χ0v) is 19.9. The molecule has 0 aliphatic heterocycles. The Labute approximate surface area is 200 Å². The Morgan fingerprint density at radius 2 is 1.85 bits per heavy atom. The van der Waals surface area contributed by atoms with E-state index in [0.29, 0.717) is 25.3 Å². The molecule has 4 rings (SSSR count). The van der Waals surface area contributed by atoms with Crippen molar-refractivity contribution in [1.29, 1.82) is 0 Å². The first-order valence-electron chi connectivity index (χ1n) is 11.6. The Morgan fingerprint density at radius 1 is 1.09 bits per heavy atom. The topological polar surface area (TPSA) is 66.5 Å². The number of esters is 1. The zero-order valence-electron chi connectivity index (χ0n) is 19.9. The number of aryl methyl sites for hydroxylation is 2. The molecule has 0 saturated carbocycles. The largest absolute Gasteiger partial charge is 0.493 e. The fourth-order valence-electron chi connectivity index (χ4n) is 4.02. The van der Waals surface area contributed by atoms with Gasteiger partial charge in [-0.05, 0) is 54.8 Å². The first-order valence-corrected chi connectivity index (χ1v) is 11.6. The molecular formula is C28H30N2O4. The first-order chi connectivity index (χ1) is 16.6. The molecule has 0 radical (unpaired) electrons. The summed E-state index contributed by atoms with van der Waals surface area (Å²) < 4.78 is 18.9. The predicted molar refractivity (Wildman–Crippen MR) is 131 cm³/mol. The van der Waals surface area contributed by atoms with E-state index in [9.17, 15) is 4.79 Å². The summed E-state index contributed by atoms with van der Waals surface area (Å²) in [5.41, 5.74) is 4.04. The van der Waals surface area contributed by atoms with Crippen LogP contribution in [0.15, 0.2) is 77.5 Å². The summed E-state index contributed by atoms with van der Waals surface area (Å²) in [4.78, 5) is 17.0. The van der Waals surface area contributed by atoms with Crippen molar-refractivity contribution < 1.29 is 18.7 Å². The van der Waals surface area contributed by atoms with Crippen LogP contribution >= 0.6 is 0 Å². The summed E-state index contributed by atoms with van der Waals surface area (Å²) in [7, 11) is 1.42. The normalized spacial score (nSPS) is 11.9. The fraction of sp³-hybridized carbons (Fsp3) is 0.286. The summed E-state index contributed by atoms with van der Waals surface area (Å²) in [6.07, 6.45) is 5.81. The second-order valence-corrected chi connectivity index (χ2v) is 8.16. The van der Waals surface area contributed by atoms with E-state index in [4.69, 9.17) is 13.9 Å². The first kappa shape index (κ1) is 23.4. The van der Waals surface area contributed by atoms with Gasteiger partial charge in [0.05, 0.1) is 19.4 Å². The van der Waals surface area contributed by atoms with E-state index in [0.717, 1.165) is 40.3 Å². The molecule has 6 heteroatoms. The van der Waals surface area contributed by atoms with Gasteiger partial charge in [0.25, 0.3) is 0 Å². The second-order valence-electron chi connectivity index (χ2n) is 8.16. The van der Waals surface area contributed by atoms with Crippen LogP contribution in [0.4, 0.5) is 0 Å². The molecule has 0 fully saturated rings. The molecule has 2 heterocycles. The van der Waals surface area contributed by atoms with Gasteiger partial charge in [0.15, 0.2) is 0 Å². The van der Waals surface area contributed by atoms with Crippen LogP contribution in [-0.4, -0.2) is 29.2 Å². The third kappa shape index (κ3) is 5.39. The molecule has 0 saturated heterocycles. The molecule has 176 valence electrons. The molecule has 0 amide bonds. The van der Waals surface area contributed by atoms with Gasteiger partial charge in [-0.1, -0.05) is 37.3 Å². The molecule has 1 unspecified atom stereocenters. The Morgan fingerprint density at radius 3 is 2.56 bits per heavy atom. The molecule has 0 bridgehead atoms. The monoisotopic (exact) mass is 458 g/mol. The van der Waals surface area contributed by atoms with Crippen LogP contribution in [-0.2, 0) is 28.8 Å². The maximum atomic E-state index is 12.4. The van der Waals surface area contributed by atoms with Crippen LogP contribution in [0.25, 0.3) is 11.5 Å². The third-order valence-electron chi connectivity index (χ3n) is 5.91. The smallest absolute Gasteiger partial charge is 0.329 e. The van der Waals surface area contributed by atoms with Gasteiger partial charge < -0.3 is 18.5 Å². The average Bonchev–Trinajstić information content (AvgIpc) is 3.53. The lowest BCUT2D eigenvalue weighted by Gasteiger charge is -2.18. The van der Waals surface area contributed by atoms with Crippen LogP contribution < -0.4 is 4.74 Å². The zero-order chi connectivity index (χ0) is 23.9. The number of benzene rings is 2. The molecule has 2 aromatic heterocycles. The Balaban J connectivity index is 1.41. The minimum Gasteiger partial charge on any atom is -0.493 e. The lowest BCUT2D eigenvalue weighted by Crippen LogP contribution is -2.22. The number of hydrogen-bond donors (Lipinski definition) is 0. The van der Waals surface area contributed by atoms with E-state index >= 15 is 0 Å². The van der Waals surface area contributed by atoms with E-state index in [-0.39, 0.29) is 5.97 Å². The Bertz CT molecular complexity index is 1210. The fourth-order valence-corrected chi connectivity index (χ4v) is 4.02. The number of ether oxygens (including phenoxy) is 2. The van der Waals surface area contributed by atoms with Crippen molar-refractivity contribution in [3.8, 4) is 17.2 Å². The van der Waals surface area contributed by atoms with Gasteiger partial charge in [-0.25, -0.2) is 9.78 Å². The van der Waals surface area contributed by atoms with Crippen molar-refractivity contribution in [3.05, 3.63) is 95.6 Å². The number of nitrogens with zero attached hydrogens (tertiary/aromatic N) is 2. The van der Waals surface area contributed by atoms with Crippen molar-refractivity contribution >= 4 is 5.97 Å². The number of carbonyl (C=O) groups is 1. The number of aromatic nitrogens is 2. The van der Waals surface area contributed by atoms with E-state index in [1.807, 2.05) is 78.5 Å². The van der Waals surface area contributed by atoms with Gasteiger partial charge >= 0.3 is 5.97 Å². The van der Waals surface area contributed by atoms with Gasteiger partial charge in [-0.3, -0.25) is 0 Å².